The number of aryl methyl sites for hydroxylation is 1. The Labute approximate surface area is 120 Å². The van der Waals surface area contributed by atoms with Gasteiger partial charge in [0.2, 0.25) is 0 Å². The maximum absolute atomic E-state index is 10.4. The van der Waals surface area contributed by atoms with Gasteiger partial charge >= 0.3 is 5.97 Å². The van der Waals surface area contributed by atoms with Gasteiger partial charge in [-0.2, -0.15) is 0 Å². The second-order valence-electron chi connectivity index (χ2n) is 5.89. The van der Waals surface area contributed by atoms with Crippen LogP contribution in [0.15, 0.2) is 6.20 Å². The molecular formula is C15H25N3O2. The van der Waals surface area contributed by atoms with Gasteiger partial charge in [0, 0.05) is 12.6 Å². The second-order valence-corrected chi connectivity index (χ2v) is 5.89. The van der Waals surface area contributed by atoms with Crippen LogP contribution < -0.4 is 0 Å². The molecule has 0 aliphatic heterocycles. The van der Waals surface area contributed by atoms with Gasteiger partial charge in [-0.1, -0.05) is 31.4 Å². The van der Waals surface area contributed by atoms with Crippen LogP contribution in [-0.4, -0.2) is 26.1 Å². The van der Waals surface area contributed by atoms with Crippen LogP contribution in [-0.2, 0) is 11.2 Å². The van der Waals surface area contributed by atoms with E-state index in [4.69, 9.17) is 5.11 Å². The van der Waals surface area contributed by atoms with Crippen LogP contribution in [0.25, 0.3) is 0 Å². The third-order valence-corrected chi connectivity index (χ3v) is 4.34. The maximum Gasteiger partial charge on any atom is 0.303 e. The fraction of sp³-hybridized carbons (Fsp3) is 0.800. The summed E-state index contributed by atoms with van der Waals surface area (Å²) in [4.78, 5) is 10.4. The lowest BCUT2D eigenvalue weighted by Crippen LogP contribution is -2.19. The summed E-state index contributed by atoms with van der Waals surface area (Å²) in [6.07, 6.45) is 11.0. The van der Waals surface area contributed by atoms with Crippen LogP contribution >= 0.6 is 0 Å². The number of carboxylic acids is 1. The first-order chi connectivity index (χ1) is 9.69. The van der Waals surface area contributed by atoms with Crippen molar-refractivity contribution in [2.75, 3.05) is 0 Å². The van der Waals surface area contributed by atoms with E-state index in [0.717, 1.165) is 24.5 Å². The van der Waals surface area contributed by atoms with E-state index in [-0.39, 0.29) is 6.42 Å². The van der Waals surface area contributed by atoms with Crippen LogP contribution in [0.4, 0.5) is 0 Å². The fourth-order valence-corrected chi connectivity index (χ4v) is 3.06. The van der Waals surface area contributed by atoms with Crippen molar-refractivity contribution in [3.8, 4) is 0 Å². The zero-order chi connectivity index (χ0) is 14.4. The molecule has 0 bridgehead atoms. The van der Waals surface area contributed by atoms with Crippen molar-refractivity contribution in [2.45, 2.75) is 70.8 Å². The summed E-state index contributed by atoms with van der Waals surface area (Å²) in [5.41, 5.74) is 0.994. The monoisotopic (exact) mass is 279 g/mol. The van der Waals surface area contributed by atoms with Crippen molar-refractivity contribution in [3.63, 3.8) is 0 Å². The molecule has 0 radical (unpaired) electrons. The number of aliphatic carboxylic acids is 1. The standard InChI is InChI=1S/C15H25N3O2/c1-2-12-6-5-8-14(10-12)18-11-13(16-17-18)7-3-4-9-15(19)20/h11-12,14H,2-10H2,1H3,(H,19,20). The molecule has 1 N–H and O–H groups in total. The van der Waals surface area contributed by atoms with Gasteiger partial charge in [-0.15, -0.1) is 5.10 Å². The van der Waals surface area contributed by atoms with Crippen LogP contribution in [0.3, 0.4) is 0 Å². The maximum atomic E-state index is 10.4. The van der Waals surface area contributed by atoms with E-state index in [1.165, 1.54) is 32.1 Å². The van der Waals surface area contributed by atoms with E-state index in [1.54, 1.807) is 0 Å². The first kappa shape index (κ1) is 15.0. The molecule has 1 fully saturated rings. The third-order valence-electron chi connectivity index (χ3n) is 4.34. The molecule has 20 heavy (non-hydrogen) atoms. The van der Waals surface area contributed by atoms with Gasteiger partial charge in [0.05, 0.1) is 11.7 Å². The number of unbranched alkanes of at least 4 members (excludes halogenated alkanes) is 1. The van der Waals surface area contributed by atoms with Gasteiger partial charge in [-0.05, 0) is 38.0 Å². The first-order valence-electron chi connectivity index (χ1n) is 7.81. The van der Waals surface area contributed by atoms with Gasteiger partial charge in [-0.25, -0.2) is 4.68 Å². The lowest BCUT2D eigenvalue weighted by atomic mass is 9.84. The molecule has 2 atom stereocenters. The fourth-order valence-electron chi connectivity index (χ4n) is 3.06. The number of rotatable bonds is 7. The minimum absolute atomic E-state index is 0.245. The molecule has 0 spiro atoms. The van der Waals surface area contributed by atoms with Gasteiger partial charge < -0.3 is 5.11 Å². The average molecular weight is 279 g/mol. The van der Waals surface area contributed by atoms with E-state index in [2.05, 4.69) is 23.4 Å². The zero-order valence-electron chi connectivity index (χ0n) is 12.3. The molecular weight excluding hydrogens is 254 g/mol. The molecule has 112 valence electrons. The third kappa shape index (κ3) is 4.32. The summed E-state index contributed by atoms with van der Waals surface area (Å²) < 4.78 is 2.04. The highest BCUT2D eigenvalue weighted by atomic mass is 16.4. The second kappa shape index (κ2) is 7.41. The van der Waals surface area contributed by atoms with E-state index >= 15 is 0 Å². The van der Waals surface area contributed by atoms with Crippen LogP contribution in [0.5, 0.6) is 0 Å². The average Bonchev–Trinajstić information content (AvgIpc) is 2.92. The molecule has 0 amide bonds. The lowest BCUT2D eigenvalue weighted by Gasteiger charge is -2.28. The minimum atomic E-state index is -0.721. The summed E-state index contributed by atoms with van der Waals surface area (Å²) in [6, 6.07) is 0.508. The van der Waals surface area contributed by atoms with Crippen molar-refractivity contribution in [1.29, 1.82) is 0 Å². The highest BCUT2D eigenvalue weighted by molar-refractivity contribution is 5.66. The van der Waals surface area contributed by atoms with E-state index in [1.807, 2.05) is 4.68 Å². The summed E-state index contributed by atoms with van der Waals surface area (Å²) in [5.74, 6) is 0.110. The van der Waals surface area contributed by atoms with Crippen LogP contribution in [0.1, 0.15) is 70.0 Å². The molecule has 1 aromatic heterocycles. The minimum Gasteiger partial charge on any atom is -0.481 e. The van der Waals surface area contributed by atoms with Crippen molar-refractivity contribution in [3.05, 3.63) is 11.9 Å². The Balaban J connectivity index is 1.80. The van der Waals surface area contributed by atoms with Gasteiger partial charge in [0.1, 0.15) is 0 Å². The van der Waals surface area contributed by atoms with Gasteiger partial charge in [0.25, 0.3) is 0 Å². The topological polar surface area (TPSA) is 68.0 Å². The Morgan fingerprint density at radius 2 is 2.30 bits per heavy atom. The van der Waals surface area contributed by atoms with Crippen molar-refractivity contribution in [2.24, 2.45) is 5.92 Å². The molecule has 1 saturated carbocycles. The number of hydrogen-bond acceptors (Lipinski definition) is 3. The van der Waals surface area contributed by atoms with E-state index in [9.17, 15) is 4.79 Å². The largest absolute Gasteiger partial charge is 0.481 e. The van der Waals surface area contributed by atoms with Crippen molar-refractivity contribution < 1.29 is 9.90 Å². The summed E-state index contributed by atoms with van der Waals surface area (Å²) in [5, 5.41) is 17.1. The number of carbonyl (C=O) groups is 1. The smallest absolute Gasteiger partial charge is 0.303 e. The molecule has 1 aliphatic rings. The highest BCUT2D eigenvalue weighted by Crippen LogP contribution is 2.33. The Hall–Kier alpha value is -1.39. The number of aromatic nitrogens is 3. The quantitative estimate of drug-likeness (QED) is 0.778. The van der Waals surface area contributed by atoms with E-state index < -0.39 is 5.97 Å². The number of nitrogens with zero attached hydrogens (tertiary/aromatic N) is 3. The molecule has 2 unspecified atom stereocenters. The van der Waals surface area contributed by atoms with Crippen LogP contribution in [0.2, 0.25) is 0 Å². The van der Waals surface area contributed by atoms with Crippen LogP contribution in [0, 0.1) is 5.92 Å². The van der Waals surface area contributed by atoms with Crippen molar-refractivity contribution in [1.82, 2.24) is 15.0 Å². The molecule has 0 saturated heterocycles. The molecule has 1 aromatic rings. The normalized spacial score (nSPS) is 22.9. The Morgan fingerprint density at radius 3 is 3.05 bits per heavy atom. The number of carboxylic acid groups (broad SMARTS) is 1. The molecule has 1 aliphatic carbocycles. The van der Waals surface area contributed by atoms with Gasteiger partial charge in [-0.3, -0.25) is 4.79 Å². The Kier molecular flexibility index (Phi) is 5.56. The van der Waals surface area contributed by atoms with E-state index in [0.29, 0.717) is 12.5 Å². The zero-order valence-corrected chi connectivity index (χ0v) is 12.3. The first-order valence-corrected chi connectivity index (χ1v) is 7.81. The predicted octanol–water partition coefficient (Wildman–Crippen LogP) is 3.22. The molecule has 1 heterocycles. The molecule has 5 nitrogen and oxygen atoms in total. The summed E-state index contributed by atoms with van der Waals surface area (Å²) in [7, 11) is 0. The molecule has 5 heteroatoms. The Bertz CT molecular complexity index is 431. The molecule has 2 rings (SSSR count). The number of hydrogen-bond donors (Lipinski definition) is 1. The SMILES string of the molecule is CCC1CCCC(n2cc(CCCCC(=O)O)nn2)C1. The Morgan fingerprint density at radius 1 is 1.45 bits per heavy atom. The molecule has 0 aromatic carbocycles. The van der Waals surface area contributed by atoms with Gasteiger partial charge in [0.15, 0.2) is 0 Å². The van der Waals surface area contributed by atoms with Crippen molar-refractivity contribution >= 4 is 5.97 Å². The summed E-state index contributed by atoms with van der Waals surface area (Å²) >= 11 is 0. The lowest BCUT2D eigenvalue weighted by molar-refractivity contribution is -0.137. The summed E-state index contributed by atoms with van der Waals surface area (Å²) in [6.45, 7) is 2.27. The predicted molar refractivity (Wildman–Crippen MR) is 76.5 cm³/mol. The highest BCUT2D eigenvalue weighted by Gasteiger charge is 2.22.